The van der Waals surface area contributed by atoms with Crippen molar-refractivity contribution >= 4 is 15.9 Å². The average Bonchev–Trinajstić information content (AvgIpc) is 2.10. The van der Waals surface area contributed by atoms with Crippen LogP contribution >= 0.6 is 15.9 Å². The Morgan fingerprint density at radius 3 is 2.42 bits per heavy atom. The fourth-order valence-electron chi connectivity index (χ4n) is 0.863. The molecule has 0 bridgehead atoms. The van der Waals surface area contributed by atoms with E-state index in [0.29, 0.717) is 0 Å². The van der Waals surface area contributed by atoms with Crippen molar-refractivity contribution in [1.82, 2.24) is 5.43 Å². The minimum Gasteiger partial charge on any atom is -0.270 e. The molecule has 4 heteroatoms. The van der Waals surface area contributed by atoms with Gasteiger partial charge in [0.1, 0.15) is 6.04 Å². The molecule has 0 spiro atoms. The fraction of sp³-hybridized carbons (Fsp3) is 0.125. The average molecular weight is 226 g/mol. The second kappa shape index (κ2) is 4.21. The Labute approximate surface area is 79.3 Å². The highest BCUT2D eigenvalue weighted by atomic mass is 79.9. The third kappa shape index (κ3) is 2.05. The van der Waals surface area contributed by atoms with Gasteiger partial charge in [0.2, 0.25) is 0 Å². The zero-order chi connectivity index (χ0) is 8.97. The minimum absolute atomic E-state index is 0.432. The predicted molar refractivity (Wildman–Crippen MR) is 49.8 cm³/mol. The molecule has 0 heterocycles. The van der Waals surface area contributed by atoms with Gasteiger partial charge in [0, 0.05) is 4.47 Å². The Hall–Kier alpha value is -0.890. The first-order valence-electron chi connectivity index (χ1n) is 3.39. The van der Waals surface area contributed by atoms with Gasteiger partial charge in [-0.25, -0.2) is 5.43 Å². The number of hydrogen-bond donors (Lipinski definition) is 2. The third-order valence-electron chi connectivity index (χ3n) is 1.50. The Bertz CT molecular complexity index is 288. The summed E-state index contributed by atoms with van der Waals surface area (Å²) >= 11 is 3.30. The summed E-state index contributed by atoms with van der Waals surface area (Å²) < 4.78 is 0.986. The predicted octanol–water partition coefficient (Wildman–Crippen LogP) is 1.48. The summed E-state index contributed by atoms with van der Waals surface area (Å²) in [6.45, 7) is 0. The van der Waals surface area contributed by atoms with Gasteiger partial charge in [-0.05, 0) is 17.7 Å². The summed E-state index contributed by atoms with van der Waals surface area (Å²) in [5.41, 5.74) is 3.28. The van der Waals surface area contributed by atoms with E-state index in [1.54, 1.807) is 0 Å². The van der Waals surface area contributed by atoms with Gasteiger partial charge in [-0.2, -0.15) is 5.26 Å². The molecule has 0 aliphatic carbocycles. The van der Waals surface area contributed by atoms with Gasteiger partial charge in [0.25, 0.3) is 0 Å². The second-order valence-corrected chi connectivity index (χ2v) is 3.20. The van der Waals surface area contributed by atoms with Crippen molar-refractivity contribution in [1.29, 1.82) is 5.26 Å². The normalized spacial score (nSPS) is 12.1. The zero-order valence-electron chi connectivity index (χ0n) is 6.29. The molecule has 3 N–H and O–H groups in total. The molecular weight excluding hydrogens is 218 g/mol. The van der Waals surface area contributed by atoms with Crippen LogP contribution in [0.4, 0.5) is 0 Å². The van der Waals surface area contributed by atoms with Gasteiger partial charge in [0.05, 0.1) is 6.07 Å². The van der Waals surface area contributed by atoms with Crippen LogP contribution in [-0.4, -0.2) is 0 Å². The van der Waals surface area contributed by atoms with Crippen molar-refractivity contribution in [2.45, 2.75) is 6.04 Å². The van der Waals surface area contributed by atoms with E-state index in [9.17, 15) is 0 Å². The van der Waals surface area contributed by atoms with Gasteiger partial charge in [-0.3, -0.25) is 5.84 Å². The molecule has 0 saturated carbocycles. The van der Waals surface area contributed by atoms with Gasteiger partial charge in [-0.15, -0.1) is 0 Å². The number of nitriles is 1. The molecule has 1 atom stereocenters. The van der Waals surface area contributed by atoms with Crippen LogP contribution < -0.4 is 11.3 Å². The number of hydrazine groups is 1. The van der Waals surface area contributed by atoms with Crippen molar-refractivity contribution in [3.8, 4) is 6.07 Å². The molecule has 0 amide bonds. The van der Waals surface area contributed by atoms with E-state index in [4.69, 9.17) is 11.1 Å². The van der Waals surface area contributed by atoms with E-state index in [0.717, 1.165) is 10.0 Å². The number of nitrogens with two attached hydrogens (primary N) is 1. The molecule has 0 aliphatic heterocycles. The molecule has 1 aromatic rings. The third-order valence-corrected chi connectivity index (χ3v) is 2.03. The van der Waals surface area contributed by atoms with Crippen LogP contribution in [0.2, 0.25) is 0 Å². The van der Waals surface area contributed by atoms with Crippen molar-refractivity contribution in [3.63, 3.8) is 0 Å². The number of nitrogens with zero attached hydrogens (tertiary/aromatic N) is 1. The molecule has 0 saturated heterocycles. The van der Waals surface area contributed by atoms with Crippen LogP contribution in [0.25, 0.3) is 0 Å². The van der Waals surface area contributed by atoms with Crippen LogP contribution in [0, 0.1) is 11.3 Å². The number of nitrogens with one attached hydrogen (secondary N) is 1. The largest absolute Gasteiger partial charge is 0.270 e. The lowest BCUT2D eigenvalue weighted by atomic mass is 10.1. The monoisotopic (exact) mass is 225 g/mol. The molecule has 62 valence electrons. The summed E-state index contributed by atoms with van der Waals surface area (Å²) in [6.07, 6.45) is 0. The summed E-state index contributed by atoms with van der Waals surface area (Å²) in [5, 5.41) is 8.64. The maximum absolute atomic E-state index is 8.64. The fourth-order valence-corrected chi connectivity index (χ4v) is 1.13. The number of halogens is 1. The lowest BCUT2D eigenvalue weighted by molar-refractivity contribution is 0.666. The highest BCUT2D eigenvalue weighted by molar-refractivity contribution is 9.10. The van der Waals surface area contributed by atoms with Crippen LogP contribution in [0.5, 0.6) is 0 Å². The lowest BCUT2D eigenvalue weighted by Crippen LogP contribution is -2.26. The van der Waals surface area contributed by atoms with E-state index < -0.39 is 6.04 Å². The smallest absolute Gasteiger partial charge is 0.133 e. The number of hydrogen-bond acceptors (Lipinski definition) is 3. The van der Waals surface area contributed by atoms with Gasteiger partial charge in [0.15, 0.2) is 0 Å². The Morgan fingerprint density at radius 1 is 1.42 bits per heavy atom. The van der Waals surface area contributed by atoms with E-state index in [1.165, 1.54) is 0 Å². The summed E-state index contributed by atoms with van der Waals surface area (Å²) in [5.74, 6) is 5.17. The second-order valence-electron chi connectivity index (χ2n) is 2.28. The van der Waals surface area contributed by atoms with Crippen molar-refractivity contribution in [2.75, 3.05) is 0 Å². The maximum atomic E-state index is 8.64. The Morgan fingerprint density at radius 2 is 2.00 bits per heavy atom. The molecule has 0 radical (unpaired) electrons. The van der Waals surface area contributed by atoms with Crippen LogP contribution in [-0.2, 0) is 0 Å². The molecular formula is C8H8BrN3. The topological polar surface area (TPSA) is 61.8 Å². The lowest BCUT2D eigenvalue weighted by Gasteiger charge is -2.06. The van der Waals surface area contributed by atoms with Crippen LogP contribution in [0.1, 0.15) is 11.6 Å². The molecule has 0 fully saturated rings. The van der Waals surface area contributed by atoms with Crippen LogP contribution in [0.3, 0.4) is 0 Å². The van der Waals surface area contributed by atoms with Crippen molar-refractivity contribution < 1.29 is 0 Å². The summed E-state index contributed by atoms with van der Waals surface area (Å²) in [7, 11) is 0. The quantitative estimate of drug-likeness (QED) is 0.593. The minimum atomic E-state index is -0.432. The highest BCUT2D eigenvalue weighted by Crippen LogP contribution is 2.15. The number of rotatable bonds is 2. The molecule has 0 aliphatic rings. The van der Waals surface area contributed by atoms with Gasteiger partial charge in [-0.1, -0.05) is 28.1 Å². The Kier molecular flexibility index (Phi) is 3.23. The standard InChI is InChI=1S/C8H8BrN3/c9-7-3-1-6(2-4-7)8(5-10)12-11/h1-4,8,12H,11H2. The summed E-state index contributed by atoms with van der Waals surface area (Å²) in [4.78, 5) is 0. The van der Waals surface area contributed by atoms with Gasteiger partial charge >= 0.3 is 0 Å². The van der Waals surface area contributed by atoms with Crippen LogP contribution in [0.15, 0.2) is 28.7 Å². The van der Waals surface area contributed by atoms with E-state index in [-0.39, 0.29) is 0 Å². The van der Waals surface area contributed by atoms with Crippen molar-refractivity contribution in [2.24, 2.45) is 5.84 Å². The van der Waals surface area contributed by atoms with E-state index in [1.807, 2.05) is 30.3 Å². The number of benzene rings is 1. The SMILES string of the molecule is N#CC(NN)c1ccc(Br)cc1. The maximum Gasteiger partial charge on any atom is 0.133 e. The summed E-state index contributed by atoms with van der Waals surface area (Å²) in [6, 6.07) is 9.04. The van der Waals surface area contributed by atoms with Gasteiger partial charge < -0.3 is 0 Å². The molecule has 12 heavy (non-hydrogen) atoms. The highest BCUT2D eigenvalue weighted by Gasteiger charge is 2.05. The first-order chi connectivity index (χ1) is 5.77. The molecule has 1 aromatic carbocycles. The Balaban J connectivity index is 2.89. The molecule has 0 aromatic heterocycles. The molecule has 1 unspecified atom stereocenters. The van der Waals surface area contributed by atoms with E-state index in [2.05, 4.69) is 21.4 Å². The first-order valence-corrected chi connectivity index (χ1v) is 4.18. The first kappa shape index (κ1) is 9.20. The van der Waals surface area contributed by atoms with Crippen molar-refractivity contribution in [3.05, 3.63) is 34.3 Å². The molecule has 1 rings (SSSR count). The van der Waals surface area contributed by atoms with E-state index >= 15 is 0 Å². The zero-order valence-corrected chi connectivity index (χ0v) is 7.88. The molecule has 3 nitrogen and oxygen atoms in total.